The topological polar surface area (TPSA) is 65.0 Å². The summed E-state index contributed by atoms with van der Waals surface area (Å²) in [6.07, 6.45) is 0.571. The molecule has 1 aliphatic rings. The van der Waals surface area contributed by atoms with E-state index in [4.69, 9.17) is 9.47 Å². The van der Waals surface area contributed by atoms with Gasteiger partial charge in [-0.1, -0.05) is 6.07 Å². The van der Waals surface area contributed by atoms with Crippen molar-refractivity contribution in [2.75, 3.05) is 13.2 Å². The third-order valence-corrected chi connectivity index (χ3v) is 4.56. The highest BCUT2D eigenvalue weighted by Crippen LogP contribution is 2.30. The first-order valence-electron chi connectivity index (χ1n) is 7.27. The highest BCUT2D eigenvalue weighted by Gasteiger charge is 2.26. The Balaban J connectivity index is 2.44. The third-order valence-electron chi connectivity index (χ3n) is 3.12. The number of nitrogens with zero attached hydrogens (tertiary/aromatic N) is 1. The molecule has 5 nitrogen and oxygen atoms in total. The fraction of sp³-hybridized carbons (Fsp3) is 0.500. The molecule has 0 N–H and O–H groups in total. The van der Waals surface area contributed by atoms with Gasteiger partial charge in [-0.05, 0) is 39.8 Å². The van der Waals surface area contributed by atoms with Crippen molar-refractivity contribution in [3.8, 4) is 5.75 Å². The van der Waals surface area contributed by atoms with E-state index < -0.39 is 21.7 Å². The Labute approximate surface area is 133 Å². The van der Waals surface area contributed by atoms with Gasteiger partial charge in [0.1, 0.15) is 22.3 Å². The monoisotopic (exact) mass is 323 g/mol. The van der Waals surface area contributed by atoms with Gasteiger partial charge in [-0.25, -0.2) is 9.00 Å². The van der Waals surface area contributed by atoms with Gasteiger partial charge in [0, 0.05) is 12.0 Å². The maximum absolute atomic E-state index is 12.3. The first kappa shape index (κ1) is 16.7. The van der Waals surface area contributed by atoms with Crippen LogP contribution in [0.5, 0.6) is 5.75 Å². The molecule has 1 heterocycles. The number of carbonyl (C=O) groups is 1. The van der Waals surface area contributed by atoms with Crippen LogP contribution in [0.15, 0.2) is 22.6 Å². The van der Waals surface area contributed by atoms with E-state index in [1.807, 2.05) is 26.8 Å². The summed E-state index contributed by atoms with van der Waals surface area (Å²) in [5.41, 5.74) is 1.81. The predicted molar refractivity (Wildman–Crippen MR) is 86.9 cm³/mol. The second-order valence-corrected chi connectivity index (χ2v) is 7.81. The maximum atomic E-state index is 12.3. The minimum absolute atomic E-state index is 0.303. The van der Waals surface area contributed by atoms with Crippen LogP contribution in [0.3, 0.4) is 0 Å². The Morgan fingerprint density at radius 3 is 2.77 bits per heavy atom. The first-order chi connectivity index (χ1) is 10.3. The number of ether oxygens (including phenoxy) is 2. The van der Waals surface area contributed by atoms with Crippen molar-refractivity contribution in [3.05, 3.63) is 29.3 Å². The summed E-state index contributed by atoms with van der Waals surface area (Å²) >= 11 is 0. The number of esters is 1. The van der Waals surface area contributed by atoms with Crippen molar-refractivity contribution in [3.63, 3.8) is 0 Å². The van der Waals surface area contributed by atoms with E-state index in [1.165, 1.54) is 0 Å². The molecule has 1 aliphatic heterocycles. The number of carbonyl (C=O) groups excluding carboxylic acids is 1. The molecule has 0 amide bonds. The summed E-state index contributed by atoms with van der Waals surface area (Å²) in [7, 11) is -1.35. The molecule has 0 spiro atoms. The van der Waals surface area contributed by atoms with Crippen LogP contribution in [0.25, 0.3) is 0 Å². The molecule has 0 bridgehead atoms. The summed E-state index contributed by atoms with van der Waals surface area (Å²) in [5, 5.41) is 0. The van der Waals surface area contributed by atoms with E-state index in [1.54, 1.807) is 19.1 Å². The van der Waals surface area contributed by atoms with Crippen LogP contribution in [0.1, 0.15) is 50.0 Å². The number of rotatable bonds is 3. The number of hydrogen-bond donors (Lipinski definition) is 0. The quantitative estimate of drug-likeness (QED) is 0.802. The van der Waals surface area contributed by atoms with Gasteiger partial charge in [0.25, 0.3) is 0 Å². The lowest BCUT2D eigenvalue weighted by Gasteiger charge is -2.22. The van der Waals surface area contributed by atoms with Gasteiger partial charge in [-0.3, -0.25) is 0 Å². The zero-order valence-corrected chi connectivity index (χ0v) is 14.2. The van der Waals surface area contributed by atoms with Crippen LogP contribution >= 0.6 is 0 Å². The summed E-state index contributed by atoms with van der Waals surface area (Å²) in [4.78, 5) is 12.0. The van der Waals surface area contributed by atoms with Crippen LogP contribution in [0, 0.1) is 0 Å². The van der Waals surface area contributed by atoms with Crippen LogP contribution in [-0.4, -0.2) is 33.9 Å². The third kappa shape index (κ3) is 3.55. The van der Waals surface area contributed by atoms with E-state index >= 15 is 0 Å². The molecule has 0 aromatic heterocycles. The van der Waals surface area contributed by atoms with Crippen molar-refractivity contribution in [2.24, 2.45) is 4.40 Å². The molecule has 1 aromatic rings. The second kappa shape index (κ2) is 6.60. The standard InChI is InChI=1S/C16H21NO4S/c1-5-20-15(18)12-8-6-7-11-13(9-10-21-14(11)12)17-22(19)16(2,3)4/h6-8H,5,9-10H2,1-4H3/b17-13+/t22-/m0/s1. The smallest absolute Gasteiger partial charge is 0.341 e. The van der Waals surface area contributed by atoms with Crippen LogP contribution in [-0.2, 0) is 15.7 Å². The van der Waals surface area contributed by atoms with Crippen molar-refractivity contribution in [2.45, 2.75) is 38.9 Å². The zero-order valence-electron chi connectivity index (χ0n) is 13.3. The molecule has 0 saturated carbocycles. The molecular formula is C16H21NO4S. The zero-order chi connectivity index (χ0) is 16.3. The van der Waals surface area contributed by atoms with Crippen molar-refractivity contribution in [1.29, 1.82) is 0 Å². The van der Waals surface area contributed by atoms with Gasteiger partial charge in [0.15, 0.2) is 0 Å². The van der Waals surface area contributed by atoms with Gasteiger partial charge in [0.05, 0.1) is 23.7 Å². The van der Waals surface area contributed by atoms with Gasteiger partial charge >= 0.3 is 5.97 Å². The van der Waals surface area contributed by atoms with Crippen molar-refractivity contribution < 1.29 is 18.5 Å². The normalized spacial score (nSPS) is 17.5. The Morgan fingerprint density at radius 2 is 2.14 bits per heavy atom. The van der Waals surface area contributed by atoms with Gasteiger partial charge < -0.3 is 9.47 Å². The molecular weight excluding hydrogens is 302 g/mol. The molecule has 120 valence electrons. The Bertz CT molecular complexity index is 632. The average molecular weight is 323 g/mol. The molecule has 1 atom stereocenters. The van der Waals surface area contributed by atoms with Gasteiger partial charge in [-0.2, -0.15) is 4.40 Å². The van der Waals surface area contributed by atoms with Crippen LogP contribution in [0.4, 0.5) is 0 Å². The lowest BCUT2D eigenvalue weighted by Crippen LogP contribution is -2.24. The number of hydrogen-bond acceptors (Lipinski definition) is 4. The second-order valence-electron chi connectivity index (χ2n) is 5.90. The number of fused-ring (bicyclic) bond motifs is 1. The Kier molecular flexibility index (Phi) is 5.01. The molecule has 0 unspecified atom stereocenters. The number of para-hydroxylation sites is 1. The van der Waals surface area contributed by atoms with E-state index in [2.05, 4.69) is 4.40 Å². The summed E-state index contributed by atoms with van der Waals surface area (Å²) in [6, 6.07) is 5.26. The lowest BCUT2D eigenvalue weighted by molar-refractivity contribution is 0.0521. The first-order valence-corrected chi connectivity index (χ1v) is 8.38. The minimum atomic E-state index is -1.35. The van der Waals surface area contributed by atoms with Gasteiger partial charge in [0.2, 0.25) is 0 Å². The molecule has 2 rings (SSSR count). The highest BCUT2D eigenvalue weighted by atomic mass is 32.2. The molecule has 1 aromatic carbocycles. The highest BCUT2D eigenvalue weighted by molar-refractivity contribution is 7.85. The molecule has 0 saturated heterocycles. The lowest BCUT2D eigenvalue weighted by atomic mass is 10.0. The van der Waals surface area contributed by atoms with Crippen LogP contribution in [0.2, 0.25) is 0 Å². The van der Waals surface area contributed by atoms with E-state index in [0.29, 0.717) is 36.7 Å². The maximum Gasteiger partial charge on any atom is 0.341 e. The number of benzene rings is 1. The molecule has 6 heteroatoms. The molecule has 0 radical (unpaired) electrons. The Hall–Kier alpha value is -1.69. The summed E-state index contributed by atoms with van der Waals surface area (Å²) in [6.45, 7) is 8.10. The largest absolute Gasteiger partial charge is 0.492 e. The van der Waals surface area contributed by atoms with Crippen molar-refractivity contribution >= 4 is 22.7 Å². The molecule has 22 heavy (non-hydrogen) atoms. The Morgan fingerprint density at radius 1 is 1.41 bits per heavy atom. The fourth-order valence-corrected chi connectivity index (χ4v) is 2.67. The van der Waals surface area contributed by atoms with E-state index in [0.717, 1.165) is 5.56 Å². The SMILES string of the molecule is CCOC(=O)c1cccc2c1OCC/C2=N\[S@@](=O)C(C)(C)C. The summed E-state index contributed by atoms with van der Waals surface area (Å²) in [5.74, 6) is 0.0504. The van der Waals surface area contributed by atoms with Crippen LogP contribution < -0.4 is 4.74 Å². The molecule has 0 aliphatic carbocycles. The van der Waals surface area contributed by atoms with Gasteiger partial charge in [-0.15, -0.1) is 0 Å². The van der Waals surface area contributed by atoms with Crippen molar-refractivity contribution in [1.82, 2.24) is 0 Å². The van der Waals surface area contributed by atoms with E-state index in [-0.39, 0.29) is 0 Å². The predicted octanol–water partition coefficient (Wildman–Crippen LogP) is 2.90. The van der Waals surface area contributed by atoms with E-state index in [9.17, 15) is 9.00 Å². The average Bonchev–Trinajstić information content (AvgIpc) is 2.46. The summed E-state index contributed by atoms with van der Waals surface area (Å²) < 4.78 is 26.9. The minimum Gasteiger partial charge on any atom is -0.492 e. The molecule has 0 fully saturated rings. The fourth-order valence-electron chi connectivity index (χ4n) is 2.01.